The van der Waals surface area contributed by atoms with Gasteiger partial charge >= 0.3 is 11.9 Å². The molecule has 3 rings (SSSR count). The second kappa shape index (κ2) is 3.44. The number of rotatable bonds is 0. The average molecular weight is 234 g/mol. The van der Waals surface area contributed by atoms with Crippen LogP contribution >= 0.6 is 0 Å². The lowest BCUT2D eigenvalue weighted by atomic mass is 9.63. The van der Waals surface area contributed by atoms with Crippen LogP contribution in [0.3, 0.4) is 0 Å². The maximum absolute atomic E-state index is 11.6. The molecule has 0 aromatic carbocycles. The van der Waals surface area contributed by atoms with Crippen LogP contribution in [0.2, 0.25) is 0 Å². The summed E-state index contributed by atoms with van der Waals surface area (Å²) in [5.41, 5.74) is 3.05. The van der Waals surface area contributed by atoms with Crippen LogP contribution in [0, 0.1) is 17.3 Å². The number of allylic oxidation sites excluding steroid dienone is 2. The molecule has 2 atom stereocenters. The Labute approximate surface area is 101 Å². The number of carbonyl (C=O) groups is 2. The highest BCUT2D eigenvalue weighted by Gasteiger charge is 2.49. The van der Waals surface area contributed by atoms with E-state index in [0.717, 1.165) is 19.3 Å². The number of ether oxygens (including phenoxy) is 1. The van der Waals surface area contributed by atoms with Crippen molar-refractivity contribution in [3.63, 3.8) is 0 Å². The lowest BCUT2D eigenvalue weighted by molar-refractivity contribution is -0.153. The van der Waals surface area contributed by atoms with E-state index in [0.29, 0.717) is 0 Å². The zero-order chi connectivity index (χ0) is 12.2. The number of cyclic esters (lactones) is 2. The molecular weight excluding hydrogens is 216 g/mol. The largest absolute Gasteiger partial charge is 0.393 e. The van der Waals surface area contributed by atoms with E-state index in [1.54, 1.807) is 0 Å². The summed E-state index contributed by atoms with van der Waals surface area (Å²) >= 11 is 0. The molecule has 1 fully saturated rings. The summed E-state index contributed by atoms with van der Waals surface area (Å²) in [5, 5.41) is 0. The van der Waals surface area contributed by atoms with Gasteiger partial charge in [-0.05, 0) is 37.5 Å². The highest BCUT2D eigenvalue weighted by Crippen LogP contribution is 2.51. The quantitative estimate of drug-likeness (QED) is 0.367. The van der Waals surface area contributed by atoms with Crippen molar-refractivity contribution in [3.05, 3.63) is 11.1 Å². The summed E-state index contributed by atoms with van der Waals surface area (Å²) in [6, 6.07) is 0. The monoisotopic (exact) mass is 234 g/mol. The second-order valence-electron chi connectivity index (χ2n) is 6.18. The lowest BCUT2D eigenvalue weighted by Crippen LogP contribution is -2.31. The van der Waals surface area contributed by atoms with Crippen LogP contribution in [0.25, 0.3) is 0 Å². The van der Waals surface area contributed by atoms with E-state index in [4.69, 9.17) is 4.74 Å². The first-order valence-electron chi connectivity index (χ1n) is 6.46. The third-order valence-electron chi connectivity index (χ3n) is 4.71. The van der Waals surface area contributed by atoms with Crippen molar-refractivity contribution in [3.8, 4) is 0 Å². The molecule has 1 aliphatic heterocycles. The van der Waals surface area contributed by atoms with Gasteiger partial charge in [0, 0.05) is 0 Å². The lowest BCUT2D eigenvalue weighted by Gasteiger charge is -2.40. The van der Waals surface area contributed by atoms with Crippen molar-refractivity contribution in [2.75, 3.05) is 0 Å². The molecular formula is C14H18O3. The van der Waals surface area contributed by atoms with Gasteiger partial charge in [0.15, 0.2) is 0 Å². The Morgan fingerprint density at radius 1 is 1.12 bits per heavy atom. The molecule has 92 valence electrons. The van der Waals surface area contributed by atoms with E-state index in [-0.39, 0.29) is 29.2 Å². The summed E-state index contributed by atoms with van der Waals surface area (Å²) in [6.45, 7) is 4.51. The van der Waals surface area contributed by atoms with E-state index in [2.05, 4.69) is 13.8 Å². The molecule has 1 heterocycles. The number of esters is 2. The fourth-order valence-corrected chi connectivity index (χ4v) is 3.69. The summed E-state index contributed by atoms with van der Waals surface area (Å²) < 4.78 is 4.78. The van der Waals surface area contributed by atoms with Crippen molar-refractivity contribution < 1.29 is 14.3 Å². The van der Waals surface area contributed by atoms with Gasteiger partial charge in [0.1, 0.15) is 0 Å². The average Bonchev–Trinajstić information content (AvgIpc) is 2.53. The number of carbonyl (C=O) groups excluding carboxylic acids is 2. The van der Waals surface area contributed by atoms with Crippen LogP contribution < -0.4 is 0 Å². The minimum Gasteiger partial charge on any atom is -0.393 e. The molecule has 0 bridgehead atoms. The maximum Gasteiger partial charge on any atom is 0.317 e. The first-order chi connectivity index (χ1) is 7.99. The molecule has 1 saturated heterocycles. The number of hydrogen-bond donors (Lipinski definition) is 0. The van der Waals surface area contributed by atoms with Gasteiger partial charge < -0.3 is 4.74 Å². The van der Waals surface area contributed by atoms with Gasteiger partial charge in [-0.15, -0.1) is 0 Å². The van der Waals surface area contributed by atoms with Crippen molar-refractivity contribution in [1.82, 2.24) is 0 Å². The van der Waals surface area contributed by atoms with Crippen LogP contribution in [0.1, 0.15) is 46.0 Å². The Balaban J connectivity index is 1.98. The number of hydrogen-bond acceptors (Lipinski definition) is 3. The summed E-state index contributed by atoms with van der Waals surface area (Å²) in [4.78, 5) is 23.2. The third-order valence-corrected chi connectivity index (χ3v) is 4.71. The van der Waals surface area contributed by atoms with Gasteiger partial charge in [-0.25, -0.2) is 0 Å². The van der Waals surface area contributed by atoms with Gasteiger partial charge in [0.2, 0.25) is 0 Å². The summed E-state index contributed by atoms with van der Waals surface area (Å²) in [5.74, 6) is -0.975. The SMILES string of the molecule is CC1(C)CCCC2=C1CC1C(=O)OC(=O)C1C2. The van der Waals surface area contributed by atoms with Crippen LogP contribution in [0.15, 0.2) is 11.1 Å². The van der Waals surface area contributed by atoms with Crippen molar-refractivity contribution in [2.24, 2.45) is 17.3 Å². The van der Waals surface area contributed by atoms with E-state index >= 15 is 0 Å². The molecule has 0 spiro atoms. The van der Waals surface area contributed by atoms with Gasteiger partial charge in [0.25, 0.3) is 0 Å². The molecule has 0 radical (unpaired) electrons. The molecule has 2 aliphatic carbocycles. The predicted molar refractivity (Wildman–Crippen MR) is 62.0 cm³/mol. The molecule has 0 aromatic heterocycles. The number of fused-ring (bicyclic) bond motifs is 1. The normalized spacial score (nSPS) is 35.4. The van der Waals surface area contributed by atoms with E-state index in [1.807, 2.05) is 0 Å². The van der Waals surface area contributed by atoms with E-state index < -0.39 is 0 Å². The predicted octanol–water partition coefficient (Wildman–Crippen LogP) is 2.60. The Morgan fingerprint density at radius 2 is 1.76 bits per heavy atom. The van der Waals surface area contributed by atoms with Crippen molar-refractivity contribution in [1.29, 1.82) is 0 Å². The van der Waals surface area contributed by atoms with Crippen LogP contribution in [-0.2, 0) is 14.3 Å². The van der Waals surface area contributed by atoms with E-state index in [1.165, 1.54) is 24.0 Å². The molecule has 2 unspecified atom stereocenters. The molecule has 17 heavy (non-hydrogen) atoms. The minimum atomic E-state index is -0.298. The summed E-state index contributed by atoms with van der Waals surface area (Å²) in [7, 11) is 0. The highest BCUT2D eigenvalue weighted by atomic mass is 16.6. The van der Waals surface area contributed by atoms with Gasteiger partial charge in [0.05, 0.1) is 11.8 Å². The molecule has 3 heteroatoms. The Hall–Kier alpha value is -1.12. The molecule has 0 N–H and O–H groups in total. The summed E-state index contributed by atoms with van der Waals surface area (Å²) in [6.07, 6.45) is 4.99. The van der Waals surface area contributed by atoms with E-state index in [9.17, 15) is 9.59 Å². The Bertz CT molecular complexity index is 431. The Kier molecular flexibility index (Phi) is 2.22. The van der Waals surface area contributed by atoms with Gasteiger partial charge in [-0.2, -0.15) is 0 Å². The standard InChI is InChI=1S/C14H18O3/c1-14(2)5-3-4-8-6-9-10(7-11(8)14)13(16)17-12(9)15/h9-10H,3-7H2,1-2H3. The van der Waals surface area contributed by atoms with Crippen LogP contribution in [0.4, 0.5) is 0 Å². The van der Waals surface area contributed by atoms with Crippen molar-refractivity contribution in [2.45, 2.75) is 46.0 Å². The topological polar surface area (TPSA) is 43.4 Å². The zero-order valence-electron chi connectivity index (χ0n) is 10.4. The van der Waals surface area contributed by atoms with Crippen LogP contribution in [-0.4, -0.2) is 11.9 Å². The highest BCUT2D eigenvalue weighted by molar-refractivity contribution is 5.97. The van der Waals surface area contributed by atoms with Crippen molar-refractivity contribution >= 4 is 11.9 Å². The Morgan fingerprint density at radius 3 is 2.47 bits per heavy atom. The molecule has 0 aromatic rings. The molecule has 3 aliphatic rings. The maximum atomic E-state index is 11.6. The smallest absolute Gasteiger partial charge is 0.317 e. The molecule has 3 nitrogen and oxygen atoms in total. The van der Waals surface area contributed by atoms with Gasteiger partial charge in [-0.3, -0.25) is 9.59 Å². The van der Waals surface area contributed by atoms with Crippen LogP contribution in [0.5, 0.6) is 0 Å². The second-order valence-corrected chi connectivity index (χ2v) is 6.18. The third kappa shape index (κ3) is 1.55. The minimum absolute atomic E-state index is 0.185. The zero-order valence-corrected chi connectivity index (χ0v) is 10.4. The fraction of sp³-hybridized carbons (Fsp3) is 0.714. The first kappa shape index (κ1) is 11.0. The first-order valence-corrected chi connectivity index (χ1v) is 6.46. The molecule has 0 saturated carbocycles. The fourth-order valence-electron chi connectivity index (χ4n) is 3.69. The molecule has 0 amide bonds. The van der Waals surface area contributed by atoms with Gasteiger partial charge in [-0.1, -0.05) is 25.0 Å².